The normalized spacial score (nSPS) is 15.9. The number of nitrogens with one attached hydrogen (secondary N) is 2. The van der Waals surface area contributed by atoms with E-state index in [4.69, 9.17) is 4.74 Å². The van der Waals surface area contributed by atoms with Gasteiger partial charge >= 0.3 is 0 Å². The van der Waals surface area contributed by atoms with E-state index < -0.39 is 0 Å². The van der Waals surface area contributed by atoms with Gasteiger partial charge in [0.1, 0.15) is 0 Å². The third-order valence-corrected chi connectivity index (χ3v) is 3.52. The predicted octanol–water partition coefficient (Wildman–Crippen LogP) is 1.25. The van der Waals surface area contributed by atoms with Crippen LogP contribution in [0, 0.1) is 6.92 Å². The van der Waals surface area contributed by atoms with E-state index in [0.717, 1.165) is 57.1 Å². The molecule has 1 aliphatic rings. The molecule has 0 saturated carbocycles. The van der Waals surface area contributed by atoms with Gasteiger partial charge in [-0.2, -0.15) is 0 Å². The van der Waals surface area contributed by atoms with E-state index in [1.54, 1.807) is 0 Å². The van der Waals surface area contributed by atoms with Crippen LogP contribution < -0.4 is 10.6 Å². The number of hydrogen-bond acceptors (Lipinski definition) is 4. The van der Waals surface area contributed by atoms with Gasteiger partial charge in [-0.05, 0) is 44.1 Å². The molecule has 0 aromatic heterocycles. The van der Waals surface area contributed by atoms with E-state index in [2.05, 4.69) is 15.5 Å². The number of nitrogens with zero attached hydrogens (tertiary/aromatic N) is 1. The Labute approximate surface area is 126 Å². The van der Waals surface area contributed by atoms with Crippen molar-refractivity contribution in [2.75, 3.05) is 51.3 Å². The number of carbonyl (C=O) groups excluding carboxylic acids is 1. The summed E-state index contributed by atoms with van der Waals surface area (Å²) in [6.45, 7) is 8.02. The van der Waals surface area contributed by atoms with Crippen LogP contribution in [-0.4, -0.2) is 56.7 Å². The second kappa shape index (κ2) is 8.77. The van der Waals surface area contributed by atoms with Gasteiger partial charge in [0.25, 0.3) is 0 Å². The summed E-state index contributed by atoms with van der Waals surface area (Å²) in [4.78, 5) is 14.2. The quantitative estimate of drug-likeness (QED) is 0.742. The highest BCUT2D eigenvalue weighted by Crippen LogP contribution is 2.08. The fourth-order valence-electron chi connectivity index (χ4n) is 2.38. The average molecular weight is 291 g/mol. The lowest BCUT2D eigenvalue weighted by atomic mass is 10.2. The van der Waals surface area contributed by atoms with Crippen LogP contribution in [0.3, 0.4) is 0 Å². The van der Waals surface area contributed by atoms with Crippen LogP contribution in [-0.2, 0) is 9.53 Å². The molecule has 1 saturated heterocycles. The predicted molar refractivity (Wildman–Crippen MR) is 84.6 cm³/mol. The molecule has 0 atom stereocenters. The smallest absolute Gasteiger partial charge is 0.238 e. The lowest BCUT2D eigenvalue weighted by Gasteiger charge is -2.26. The summed E-state index contributed by atoms with van der Waals surface area (Å²) in [5.74, 6) is 0.00646. The minimum atomic E-state index is 0.00646. The van der Waals surface area contributed by atoms with Crippen molar-refractivity contribution < 1.29 is 9.53 Å². The van der Waals surface area contributed by atoms with Crippen LogP contribution in [0.25, 0.3) is 0 Å². The molecule has 0 spiro atoms. The maximum atomic E-state index is 11.8. The van der Waals surface area contributed by atoms with Gasteiger partial charge in [0.05, 0.1) is 19.8 Å². The standard InChI is InChI=1S/C16H25N3O2/c1-14-4-2-5-15(12-14)18-16(20)13-17-6-3-7-19-8-10-21-11-9-19/h2,4-5,12,17H,3,6-11,13H2,1H3,(H,18,20). The Balaban J connectivity index is 1.54. The molecule has 0 aliphatic carbocycles. The van der Waals surface area contributed by atoms with Crippen molar-refractivity contribution in [2.24, 2.45) is 0 Å². The third kappa shape index (κ3) is 6.25. The third-order valence-electron chi connectivity index (χ3n) is 3.52. The molecular weight excluding hydrogens is 266 g/mol. The fourth-order valence-corrected chi connectivity index (χ4v) is 2.38. The van der Waals surface area contributed by atoms with Crippen molar-refractivity contribution in [1.82, 2.24) is 10.2 Å². The maximum absolute atomic E-state index is 11.8. The number of morpholine rings is 1. The zero-order chi connectivity index (χ0) is 14.9. The summed E-state index contributed by atoms with van der Waals surface area (Å²) in [5.41, 5.74) is 2.00. The monoisotopic (exact) mass is 291 g/mol. The SMILES string of the molecule is Cc1cccc(NC(=O)CNCCCN2CCOCC2)c1. The molecule has 1 amide bonds. The lowest BCUT2D eigenvalue weighted by molar-refractivity contribution is -0.115. The zero-order valence-electron chi connectivity index (χ0n) is 12.7. The highest BCUT2D eigenvalue weighted by atomic mass is 16.5. The molecule has 5 nitrogen and oxygen atoms in total. The van der Waals surface area contributed by atoms with Crippen molar-refractivity contribution >= 4 is 11.6 Å². The number of ether oxygens (including phenoxy) is 1. The summed E-state index contributed by atoms with van der Waals surface area (Å²) in [6, 6.07) is 7.83. The molecule has 0 radical (unpaired) electrons. The molecule has 0 bridgehead atoms. The van der Waals surface area contributed by atoms with Crippen molar-refractivity contribution in [1.29, 1.82) is 0 Å². The van der Waals surface area contributed by atoms with Crippen molar-refractivity contribution in [2.45, 2.75) is 13.3 Å². The molecule has 21 heavy (non-hydrogen) atoms. The van der Waals surface area contributed by atoms with Gasteiger partial charge in [-0.1, -0.05) is 12.1 Å². The van der Waals surface area contributed by atoms with Crippen molar-refractivity contribution in [3.8, 4) is 0 Å². The van der Waals surface area contributed by atoms with Gasteiger partial charge in [0.15, 0.2) is 0 Å². The number of carbonyl (C=O) groups is 1. The molecule has 1 aromatic rings. The molecule has 2 rings (SSSR count). The lowest BCUT2D eigenvalue weighted by Crippen LogP contribution is -2.38. The summed E-state index contributed by atoms with van der Waals surface area (Å²) >= 11 is 0. The first kappa shape index (κ1) is 15.9. The van der Waals surface area contributed by atoms with Gasteiger partial charge in [-0.15, -0.1) is 0 Å². The van der Waals surface area contributed by atoms with Crippen LogP contribution >= 0.6 is 0 Å². The first-order valence-electron chi connectivity index (χ1n) is 7.61. The topological polar surface area (TPSA) is 53.6 Å². The van der Waals surface area contributed by atoms with Crippen LogP contribution in [0.4, 0.5) is 5.69 Å². The maximum Gasteiger partial charge on any atom is 0.238 e. The van der Waals surface area contributed by atoms with Crippen LogP contribution in [0.2, 0.25) is 0 Å². The largest absolute Gasteiger partial charge is 0.379 e. The Morgan fingerprint density at radius 2 is 2.14 bits per heavy atom. The van der Waals surface area contributed by atoms with E-state index in [1.165, 1.54) is 0 Å². The Bertz CT molecular complexity index is 445. The van der Waals surface area contributed by atoms with Gasteiger partial charge in [0.2, 0.25) is 5.91 Å². The fraction of sp³-hybridized carbons (Fsp3) is 0.562. The van der Waals surface area contributed by atoms with Gasteiger partial charge in [-0.3, -0.25) is 9.69 Å². The molecule has 1 fully saturated rings. The van der Waals surface area contributed by atoms with Crippen LogP contribution in [0.1, 0.15) is 12.0 Å². The van der Waals surface area contributed by atoms with Gasteiger partial charge < -0.3 is 15.4 Å². The molecule has 1 aromatic carbocycles. The van der Waals surface area contributed by atoms with E-state index in [-0.39, 0.29) is 5.91 Å². The Kier molecular flexibility index (Phi) is 6.66. The van der Waals surface area contributed by atoms with Crippen LogP contribution in [0.5, 0.6) is 0 Å². The zero-order valence-corrected chi connectivity index (χ0v) is 12.7. The van der Waals surface area contributed by atoms with Crippen LogP contribution in [0.15, 0.2) is 24.3 Å². The molecule has 5 heteroatoms. The average Bonchev–Trinajstić information content (AvgIpc) is 2.48. The first-order valence-corrected chi connectivity index (χ1v) is 7.61. The second-order valence-electron chi connectivity index (χ2n) is 5.40. The Morgan fingerprint density at radius 1 is 1.33 bits per heavy atom. The van der Waals surface area contributed by atoms with E-state index >= 15 is 0 Å². The summed E-state index contributed by atoms with van der Waals surface area (Å²) in [7, 11) is 0. The Morgan fingerprint density at radius 3 is 2.90 bits per heavy atom. The first-order chi connectivity index (χ1) is 10.2. The van der Waals surface area contributed by atoms with E-state index in [1.807, 2.05) is 31.2 Å². The van der Waals surface area contributed by atoms with Crippen molar-refractivity contribution in [3.63, 3.8) is 0 Å². The second-order valence-corrected chi connectivity index (χ2v) is 5.40. The molecule has 2 N–H and O–H groups in total. The van der Waals surface area contributed by atoms with Gasteiger partial charge in [0, 0.05) is 18.8 Å². The summed E-state index contributed by atoms with van der Waals surface area (Å²) in [5, 5.41) is 6.08. The highest BCUT2D eigenvalue weighted by molar-refractivity contribution is 5.92. The number of amides is 1. The van der Waals surface area contributed by atoms with Crippen molar-refractivity contribution in [3.05, 3.63) is 29.8 Å². The number of aryl methyl sites for hydroxylation is 1. The van der Waals surface area contributed by atoms with E-state index in [9.17, 15) is 4.79 Å². The number of rotatable bonds is 7. The molecule has 1 heterocycles. The van der Waals surface area contributed by atoms with E-state index in [0.29, 0.717) is 6.54 Å². The number of anilines is 1. The molecular formula is C16H25N3O2. The summed E-state index contributed by atoms with van der Waals surface area (Å²) < 4.78 is 5.31. The minimum absolute atomic E-state index is 0.00646. The summed E-state index contributed by atoms with van der Waals surface area (Å²) in [6.07, 6.45) is 1.05. The molecule has 0 unspecified atom stereocenters. The number of benzene rings is 1. The molecule has 1 aliphatic heterocycles. The highest BCUT2D eigenvalue weighted by Gasteiger charge is 2.09. The minimum Gasteiger partial charge on any atom is -0.379 e. The van der Waals surface area contributed by atoms with Gasteiger partial charge in [-0.25, -0.2) is 0 Å². The number of hydrogen-bond donors (Lipinski definition) is 2. The molecule has 116 valence electrons. The Hall–Kier alpha value is -1.43.